The highest BCUT2D eigenvalue weighted by molar-refractivity contribution is 5.32. The van der Waals surface area contributed by atoms with Crippen molar-refractivity contribution in [2.45, 2.75) is 13.0 Å². The summed E-state index contributed by atoms with van der Waals surface area (Å²) >= 11 is 0. The van der Waals surface area contributed by atoms with Crippen LogP contribution in [0.4, 0.5) is 5.82 Å². The Balaban J connectivity index is 2.31. The van der Waals surface area contributed by atoms with E-state index in [0.717, 1.165) is 5.82 Å². The van der Waals surface area contributed by atoms with E-state index in [-0.39, 0.29) is 0 Å². The van der Waals surface area contributed by atoms with E-state index in [9.17, 15) is 0 Å². The van der Waals surface area contributed by atoms with Gasteiger partial charge in [-0.3, -0.25) is 5.10 Å². The largest absolute Gasteiger partial charge is 0.383 e. The topological polar surface area (TPSA) is 49.9 Å². The molecule has 11 heavy (non-hydrogen) atoms. The zero-order valence-corrected chi connectivity index (χ0v) is 6.79. The summed E-state index contributed by atoms with van der Waals surface area (Å²) in [7, 11) is 1.69. The van der Waals surface area contributed by atoms with E-state index >= 15 is 0 Å². The fourth-order valence-corrected chi connectivity index (χ4v) is 0.893. The van der Waals surface area contributed by atoms with Crippen LogP contribution in [0, 0.1) is 0 Å². The molecule has 4 nitrogen and oxygen atoms in total. The molecule has 1 rings (SSSR count). The van der Waals surface area contributed by atoms with Crippen molar-refractivity contribution in [3.05, 3.63) is 12.3 Å². The summed E-state index contributed by atoms with van der Waals surface area (Å²) < 4.78 is 4.96. The highest BCUT2D eigenvalue weighted by atomic mass is 16.5. The molecule has 0 fully saturated rings. The van der Waals surface area contributed by atoms with Gasteiger partial charge < -0.3 is 10.1 Å². The molecule has 0 aromatic carbocycles. The molecule has 4 heteroatoms. The monoisotopic (exact) mass is 155 g/mol. The molecule has 0 saturated carbocycles. The lowest BCUT2D eigenvalue weighted by molar-refractivity contribution is 0.190. The molecular weight excluding hydrogens is 142 g/mol. The molecule has 2 N–H and O–H groups in total. The van der Waals surface area contributed by atoms with Gasteiger partial charge in [0.2, 0.25) is 0 Å². The SMILES string of the molecule is COC[C@@H](C)Nc1ccn[nH]1. The maximum absolute atomic E-state index is 4.96. The molecule has 1 aromatic rings. The van der Waals surface area contributed by atoms with E-state index in [2.05, 4.69) is 15.5 Å². The standard InChI is InChI=1S/C7H13N3O/c1-6(5-11-2)9-7-3-4-8-10-7/h3-4,6H,5H2,1-2H3,(H2,8,9,10)/t6-/m1/s1. The molecule has 1 atom stereocenters. The van der Waals surface area contributed by atoms with Gasteiger partial charge in [-0.25, -0.2) is 0 Å². The van der Waals surface area contributed by atoms with Crippen molar-refractivity contribution in [1.82, 2.24) is 10.2 Å². The van der Waals surface area contributed by atoms with Gasteiger partial charge in [-0.05, 0) is 13.0 Å². The van der Waals surface area contributed by atoms with Crippen LogP contribution in [0.5, 0.6) is 0 Å². The van der Waals surface area contributed by atoms with Crippen molar-refractivity contribution in [3.8, 4) is 0 Å². The van der Waals surface area contributed by atoms with E-state index in [0.29, 0.717) is 12.6 Å². The van der Waals surface area contributed by atoms with Crippen LogP contribution in [0.2, 0.25) is 0 Å². The highest BCUT2D eigenvalue weighted by Crippen LogP contribution is 2.00. The Hall–Kier alpha value is -1.03. The molecule has 0 amide bonds. The van der Waals surface area contributed by atoms with Crippen molar-refractivity contribution >= 4 is 5.82 Å². The first-order chi connectivity index (χ1) is 5.33. The van der Waals surface area contributed by atoms with Crippen LogP contribution in [0.15, 0.2) is 12.3 Å². The van der Waals surface area contributed by atoms with Crippen LogP contribution in [-0.4, -0.2) is 30.0 Å². The van der Waals surface area contributed by atoms with E-state index in [4.69, 9.17) is 4.74 Å². The first kappa shape index (κ1) is 8.07. The molecule has 0 aliphatic rings. The third-order valence-electron chi connectivity index (χ3n) is 1.32. The average molecular weight is 155 g/mol. The molecule has 0 bridgehead atoms. The quantitative estimate of drug-likeness (QED) is 0.678. The molecule has 0 unspecified atom stereocenters. The Morgan fingerprint density at radius 1 is 1.82 bits per heavy atom. The van der Waals surface area contributed by atoms with Gasteiger partial charge in [-0.2, -0.15) is 5.10 Å². The normalized spacial score (nSPS) is 12.9. The Morgan fingerprint density at radius 2 is 2.64 bits per heavy atom. The number of H-pyrrole nitrogens is 1. The Kier molecular flexibility index (Phi) is 2.92. The second kappa shape index (κ2) is 3.98. The second-order valence-corrected chi connectivity index (χ2v) is 2.47. The number of rotatable bonds is 4. The van der Waals surface area contributed by atoms with E-state index in [1.807, 2.05) is 13.0 Å². The van der Waals surface area contributed by atoms with Gasteiger partial charge in [0.05, 0.1) is 12.8 Å². The lowest BCUT2D eigenvalue weighted by atomic mass is 10.3. The van der Waals surface area contributed by atoms with Gasteiger partial charge in [-0.1, -0.05) is 0 Å². The highest BCUT2D eigenvalue weighted by Gasteiger charge is 2.00. The Labute approximate surface area is 66.0 Å². The Morgan fingerprint density at radius 3 is 3.18 bits per heavy atom. The van der Waals surface area contributed by atoms with Crippen LogP contribution in [0.1, 0.15) is 6.92 Å². The van der Waals surface area contributed by atoms with E-state index in [1.54, 1.807) is 13.3 Å². The molecular formula is C7H13N3O. The van der Waals surface area contributed by atoms with Gasteiger partial charge in [-0.15, -0.1) is 0 Å². The number of anilines is 1. The second-order valence-electron chi connectivity index (χ2n) is 2.47. The number of ether oxygens (including phenoxy) is 1. The summed E-state index contributed by atoms with van der Waals surface area (Å²) in [4.78, 5) is 0. The van der Waals surface area contributed by atoms with Crippen LogP contribution >= 0.6 is 0 Å². The molecule has 0 aliphatic heterocycles. The zero-order valence-electron chi connectivity index (χ0n) is 6.79. The smallest absolute Gasteiger partial charge is 0.121 e. The number of methoxy groups -OCH3 is 1. The first-order valence-electron chi connectivity index (χ1n) is 3.58. The molecule has 0 radical (unpaired) electrons. The summed E-state index contributed by atoms with van der Waals surface area (Å²) in [6.45, 7) is 2.74. The maximum Gasteiger partial charge on any atom is 0.121 e. The van der Waals surface area contributed by atoms with Crippen LogP contribution in [0.25, 0.3) is 0 Å². The number of nitrogens with zero attached hydrogens (tertiary/aromatic N) is 1. The molecule has 1 aromatic heterocycles. The summed E-state index contributed by atoms with van der Waals surface area (Å²) in [5, 5.41) is 9.80. The van der Waals surface area contributed by atoms with Gasteiger partial charge in [0.25, 0.3) is 0 Å². The molecule has 0 aliphatic carbocycles. The van der Waals surface area contributed by atoms with Crippen molar-refractivity contribution in [2.24, 2.45) is 0 Å². The lowest BCUT2D eigenvalue weighted by Gasteiger charge is -2.11. The minimum atomic E-state index is 0.306. The Bertz CT molecular complexity index is 186. The number of aromatic amines is 1. The molecule has 0 saturated heterocycles. The minimum Gasteiger partial charge on any atom is -0.383 e. The summed E-state index contributed by atoms with van der Waals surface area (Å²) in [6.07, 6.45) is 1.71. The summed E-state index contributed by atoms with van der Waals surface area (Å²) in [6, 6.07) is 2.19. The lowest BCUT2D eigenvalue weighted by Crippen LogP contribution is -2.20. The fourth-order valence-electron chi connectivity index (χ4n) is 0.893. The van der Waals surface area contributed by atoms with Gasteiger partial charge >= 0.3 is 0 Å². The van der Waals surface area contributed by atoms with Crippen molar-refractivity contribution in [2.75, 3.05) is 19.0 Å². The molecule has 1 heterocycles. The van der Waals surface area contributed by atoms with Crippen molar-refractivity contribution in [1.29, 1.82) is 0 Å². The third-order valence-corrected chi connectivity index (χ3v) is 1.32. The third kappa shape index (κ3) is 2.59. The average Bonchev–Trinajstić information content (AvgIpc) is 2.40. The fraction of sp³-hybridized carbons (Fsp3) is 0.571. The van der Waals surface area contributed by atoms with Crippen LogP contribution < -0.4 is 5.32 Å². The van der Waals surface area contributed by atoms with Gasteiger partial charge in [0.15, 0.2) is 0 Å². The number of aromatic nitrogens is 2. The summed E-state index contributed by atoms with van der Waals surface area (Å²) in [5.74, 6) is 0.926. The molecule has 62 valence electrons. The van der Waals surface area contributed by atoms with E-state index < -0.39 is 0 Å². The zero-order chi connectivity index (χ0) is 8.10. The predicted molar refractivity (Wildman–Crippen MR) is 43.5 cm³/mol. The first-order valence-corrected chi connectivity index (χ1v) is 3.58. The van der Waals surface area contributed by atoms with E-state index in [1.165, 1.54) is 0 Å². The summed E-state index contributed by atoms with van der Waals surface area (Å²) in [5.41, 5.74) is 0. The van der Waals surface area contributed by atoms with Crippen LogP contribution in [-0.2, 0) is 4.74 Å². The minimum absolute atomic E-state index is 0.306. The number of hydrogen-bond acceptors (Lipinski definition) is 3. The van der Waals surface area contributed by atoms with Gasteiger partial charge in [0, 0.05) is 13.2 Å². The van der Waals surface area contributed by atoms with Crippen LogP contribution in [0.3, 0.4) is 0 Å². The molecule has 0 spiro atoms. The van der Waals surface area contributed by atoms with Crippen molar-refractivity contribution < 1.29 is 4.74 Å². The predicted octanol–water partition coefficient (Wildman–Crippen LogP) is 0.856. The van der Waals surface area contributed by atoms with Gasteiger partial charge in [0.1, 0.15) is 5.82 Å². The number of nitrogens with one attached hydrogen (secondary N) is 2. The maximum atomic E-state index is 4.96. The number of hydrogen-bond donors (Lipinski definition) is 2. The van der Waals surface area contributed by atoms with Crippen molar-refractivity contribution in [3.63, 3.8) is 0 Å².